The highest BCUT2D eigenvalue weighted by Crippen LogP contribution is 2.35. The average molecular weight is 402 g/mol. The topological polar surface area (TPSA) is 51.7 Å². The number of amides is 1. The van der Waals surface area contributed by atoms with Gasteiger partial charge in [-0.1, -0.05) is 34.8 Å². The zero-order valence-electron chi connectivity index (χ0n) is 13.6. The lowest BCUT2D eigenvalue weighted by atomic mass is 9.98. The van der Waals surface area contributed by atoms with Crippen molar-refractivity contribution in [2.75, 3.05) is 20.8 Å². The fourth-order valence-corrected chi connectivity index (χ4v) is 3.36. The number of nitrogens with zero attached hydrogens (tertiary/aromatic N) is 2. The lowest BCUT2D eigenvalue weighted by molar-refractivity contribution is 0.0728. The minimum atomic E-state index is -0.288. The van der Waals surface area contributed by atoms with Crippen molar-refractivity contribution in [1.82, 2.24) is 9.88 Å². The molecular weight excluding hydrogens is 387 g/mol. The van der Waals surface area contributed by atoms with Gasteiger partial charge in [0.25, 0.3) is 5.91 Å². The van der Waals surface area contributed by atoms with E-state index in [0.29, 0.717) is 31.0 Å². The van der Waals surface area contributed by atoms with Crippen LogP contribution in [-0.4, -0.2) is 36.6 Å². The fraction of sp³-hybridized carbons (Fsp3) is 0.294. The van der Waals surface area contributed by atoms with Gasteiger partial charge in [-0.3, -0.25) is 4.79 Å². The summed E-state index contributed by atoms with van der Waals surface area (Å²) in [6.07, 6.45) is 2.02. The van der Waals surface area contributed by atoms with Crippen LogP contribution in [0, 0.1) is 0 Å². The van der Waals surface area contributed by atoms with Crippen LogP contribution in [0.4, 0.5) is 0 Å². The Balaban J connectivity index is 1.90. The average Bonchev–Trinajstić information content (AvgIpc) is 2.64. The highest BCUT2D eigenvalue weighted by atomic mass is 35.5. The zero-order chi connectivity index (χ0) is 18.1. The Morgan fingerprint density at radius 2 is 1.72 bits per heavy atom. The van der Waals surface area contributed by atoms with Crippen molar-refractivity contribution in [2.45, 2.75) is 13.0 Å². The molecule has 0 spiro atoms. The largest absolute Gasteiger partial charge is 0.493 e. The maximum atomic E-state index is 12.8. The van der Waals surface area contributed by atoms with Crippen molar-refractivity contribution in [3.63, 3.8) is 0 Å². The fourth-order valence-electron chi connectivity index (χ4n) is 2.80. The number of carbonyl (C=O) groups excluding carboxylic acids is 1. The van der Waals surface area contributed by atoms with Gasteiger partial charge in [0.05, 0.1) is 29.3 Å². The predicted molar refractivity (Wildman–Crippen MR) is 97.3 cm³/mol. The summed E-state index contributed by atoms with van der Waals surface area (Å²) in [7, 11) is 3.18. The monoisotopic (exact) mass is 400 g/mol. The number of carbonyl (C=O) groups is 1. The van der Waals surface area contributed by atoms with E-state index in [1.807, 2.05) is 12.1 Å². The molecular formula is C17H15Cl3N2O3. The smallest absolute Gasteiger partial charge is 0.274 e. The second kappa shape index (κ2) is 7.28. The van der Waals surface area contributed by atoms with Crippen molar-refractivity contribution in [2.24, 2.45) is 0 Å². The van der Waals surface area contributed by atoms with E-state index >= 15 is 0 Å². The molecule has 25 heavy (non-hydrogen) atoms. The summed E-state index contributed by atoms with van der Waals surface area (Å²) in [5.41, 5.74) is 2.21. The van der Waals surface area contributed by atoms with Gasteiger partial charge >= 0.3 is 0 Å². The van der Waals surface area contributed by atoms with Crippen LogP contribution >= 0.6 is 34.8 Å². The SMILES string of the molecule is COc1cc2c(cc1OC)CN(C(=O)c1ncc(Cl)c(Cl)c1Cl)CC2. The minimum Gasteiger partial charge on any atom is -0.493 e. The summed E-state index contributed by atoms with van der Waals surface area (Å²) in [5, 5.41) is 0.409. The van der Waals surface area contributed by atoms with Crippen LogP contribution in [0.25, 0.3) is 0 Å². The number of rotatable bonds is 3. The van der Waals surface area contributed by atoms with Gasteiger partial charge in [-0.25, -0.2) is 4.98 Å². The third-order valence-electron chi connectivity index (χ3n) is 4.13. The molecule has 8 heteroatoms. The van der Waals surface area contributed by atoms with E-state index in [-0.39, 0.29) is 26.7 Å². The number of ether oxygens (including phenoxy) is 2. The standard InChI is InChI=1S/C17H15Cl3N2O3/c1-24-12-5-9-3-4-22(8-10(9)6-13(12)25-2)17(23)16-15(20)14(19)11(18)7-21-16/h5-7H,3-4,8H2,1-2H3. The number of hydrogen-bond donors (Lipinski definition) is 0. The van der Waals surface area contributed by atoms with Gasteiger partial charge in [-0.05, 0) is 29.7 Å². The van der Waals surface area contributed by atoms with Crippen molar-refractivity contribution in [1.29, 1.82) is 0 Å². The van der Waals surface area contributed by atoms with Gasteiger partial charge in [0.2, 0.25) is 0 Å². The molecule has 0 saturated heterocycles. The first kappa shape index (κ1) is 18.1. The molecule has 132 valence electrons. The molecule has 3 rings (SSSR count). The van der Waals surface area contributed by atoms with Gasteiger partial charge in [0.1, 0.15) is 5.69 Å². The van der Waals surface area contributed by atoms with E-state index in [2.05, 4.69) is 4.98 Å². The molecule has 2 aromatic rings. The van der Waals surface area contributed by atoms with Crippen LogP contribution in [0.2, 0.25) is 15.1 Å². The Bertz CT molecular complexity index is 842. The van der Waals surface area contributed by atoms with Gasteiger partial charge in [0, 0.05) is 19.3 Å². The lowest BCUT2D eigenvalue weighted by Crippen LogP contribution is -2.36. The Morgan fingerprint density at radius 3 is 2.36 bits per heavy atom. The minimum absolute atomic E-state index is 0.0669. The Labute approximate surface area is 160 Å². The molecule has 1 amide bonds. The highest BCUT2D eigenvalue weighted by Gasteiger charge is 2.27. The second-order valence-corrected chi connectivity index (χ2v) is 6.70. The predicted octanol–water partition coefficient (Wildman–Crippen LogP) is 4.26. The van der Waals surface area contributed by atoms with E-state index in [9.17, 15) is 4.79 Å². The van der Waals surface area contributed by atoms with Crippen LogP contribution in [0.3, 0.4) is 0 Å². The van der Waals surface area contributed by atoms with Gasteiger partial charge in [0.15, 0.2) is 11.5 Å². The summed E-state index contributed by atoms with van der Waals surface area (Å²) in [6, 6.07) is 3.83. The van der Waals surface area contributed by atoms with Gasteiger partial charge in [-0.2, -0.15) is 0 Å². The maximum absolute atomic E-state index is 12.8. The molecule has 0 aliphatic carbocycles. The molecule has 2 heterocycles. The zero-order valence-corrected chi connectivity index (χ0v) is 15.9. The van der Waals surface area contributed by atoms with Crippen molar-refractivity contribution < 1.29 is 14.3 Å². The normalized spacial score (nSPS) is 13.4. The van der Waals surface area contributed by atoms with Crippen LogP contribution in [-0.2, 0) is 13.0 Å². The third kappa shape index (κ3) is 3.36. The first-order chi connectivity index (χ1) is 12.0. The summed E-state index contributed by atoms with van der Waals surface area (Å²) in [4.78, 5) is 18.5. The number of aromatic nitrogens is 1. The van der Waals surface area contributed by atoms with E-state index in [4.69, 9.17) is 44.3 Å². The summed E-state index contributed by atoms with van der Waals surface area (Å²) in [6.45, 7) is 0.965. The third-order valence-corrected chi connectivity index (χ3v) is 5.37. The van der Waals surface area contributed by atoms with Crippen molar-refractivity contribution in [3.05, 3.63) is 50.2 Å². The number of fused-ring (bicyclic) bond motifs is 1. The number of methoxy groups -OCH3 is 2. The molecule has 0 radical (unpaired) electrons. The first-order valence-corrected chi connectivity index (χ1v) is 8.62. The summed E-state index contributed by atoms with van der Waals surface area (Å²) in [5.74, 6) is 1.01. The molecule has 0 fully saturated rings. The summed E-state index contributed by atoms with van der Waals surface area (Å²) >= 11 is 18.0. The van der Waals surface area contributed by atoms with E-state index < -0.39 is 0 Å². The van der Waals surface area contributed by atoms with Crippen molar-refractivity contribution in [3.8, 4) is 11.5 Å². The van der Waals surface area contributed by atoms with Crippen LogP contribution < -0.4 is 9.47 Å². The molecule has 5 nitrogen and oxygen atoms in total. The second-order valence-electron chi connectivity index (χ2n) is 5.54. The molecule has 1 aliphatic heterocycles. The van der Waals surface area contributed by atoms with E-state index in [1.54, 1.807) is 19.1 Å². The van der Waals surface area contributed by atoms with E-state index in [1.165, 1.54) is 6.20 Å². The molecule has 1 aliphatic rings. The van der Waals surface area contributed by atoms with Gasteiger partial charge in [-0.15, -0.1) is 0 Å². The van der Waals surface area contributed by atoms with Crippen LogP contribution in [0.1, 0.15) is 21.6 Å². The summed E-state index contributed by atoms with van der Waals surface area (Å²) < 4.78 is 10.7. The number of pyridine rings is 1. The van der Waals surface area contributed by atoms with Crippen LogP contribution in [0.15, 0.2) is 18.3 Å². The van der Waals surface area contributed by atoms with Crippen molar-refractivity contribution >= 4 is 40.7 Å². The Morgan fingerprint density at radius 1 is 1.08 bits per heavy atom. The maximum Gasteiger partial charge on any atom is 0.274 e. The van der Waals surface area contributed by atoms with Gasteiger partial charge < -0.3 is 14.4 Å². The molecule has 0 N–H and O–H groups in total. The first-order valence-electron chi connectivity index (χ1n) is 7.48. The molecule has 0 atom stereocenters. The molecule has 0 saturated carbocycles. The number of benzene rings is 1. The lowest BCUT2D eigenvalue weighted by Gasteiger charge is -2.29. The number of hydrogen-bond acceptors (Lipinski definition) is 4. The highest BCUT2D eigenvalue weighted by molar-refractivity contribution is 6.48. The Hall–Kier alpha value is -1.69. The Kier molecular flexibility index (Phi) is 5.27. The quantitative estimate of drug-likeness (QED) is 0.771. The molecule has 1 aromatic carbocycles. The van der Waals surface area contributed by atoms with Crippen LogP contribution in [0.5, 0.6) is 11.5 Å². The number of halogens is 3. The molecule has 0 unspecified atom stereocenters. The molecule has 0 bridgehead atoms. The molecule has 1 aromatic heterocycles. The van der Waals surface area contributed by atoms with E-state index in [0.717, 1.165) is 11.1 Å².